The monoisotopic (exact) mass is 287 g/mol. The lowest BCUT2D eigenvalue weighted by Crippen LogP contribution is -2.38. The number of ether oxygens (including phenoxy) is 1. The van der Waals surface area contributed by atoms with Crippen molar-refractivity contribution < 1.29 is 4.74 Å². The number of hydrogen-bond donors (Lipinski definition) is 1. The van der Waals surface area contributed by atoms with E-state index in [0.717, 1.165) is 24.5 Å². The van der Waals surface area contributed by atoms with Crippen molar-refractivity contribution >= 4 is 0 Å². The lowest BCUT2D eigenvalue weighted by molar-refractivity contribution is 0.191. The largest absolute Gasteiger partial charge is 0.385 e. The van der Waals surface area contributed by atoms with Gasteiger partial charge in [0.1, 0.15) is 0 Å². The van der Waals surface area contributed by atoms with Crippen LogP contribution in [0.1, 0.15) is 43.2 Å². The molecule has 1 saturated carbocycles. The smallest absolute Gasteiger partial charge is 0.0462 e. The summed E-state index contributed by atoms with van der Waals surface area (Å²) in [5.74, 6) is 1.72. The van der Waals surface area contributed by atoms with Crippen molar-refractivity contribution in [1.29, 1.82) is 0 Å². The molecular formula is C19H29NO. The molecule has 3 rings (SSSR count). The second-order valence-corrected chi connectivity index (χ2v) is 6.81. The van der Waals surface area contributed by atoms with Crippen LogP contribution in [0.4, 0.5) is 0 Å². The molecule has 2 aliphatic carbocycles. The summed E-state index contributed by atoms with van der Waals surface area (Å²) in [6.07, 6.45) is 9.17. The van der Waals surface area contributed by atoms with Crippen LogP contribution in [0.15, 0.2) is 24.3 Å². The van der Waals surface area contributed by atoms with E-state index in [9.17, 15) is 0 Å². The van der Waals surface area contributed by atoms with Crippen molar-refractivity contribution in [3.8, 4) is 0 Å². The molecule has 21 heavy (non-hydrogen) atoms. The van der Waals surface area contributed by atoms with Gasteiger partial charge in [0.15, 0.2) is 0 Å². The zero-order chi connectivity index (χ0) is 14.5. The van der Waals surface area contributed by atoms with Crippen molar-refractivity contribution in [3.05, 3.63) is 35.4 Å². The number of methoxy groups -OCH3 is 1. The number of hydrogen-bond acceptors (Lipinski definition) is 2. The van der Waals surface area contributed by atoms with Crippen LogP contribution >= 0.6 is 0 Å². The predicted molar refractivity (Wildman–Crippen MR) is 87.6 cm³/mol. The number of benzene rings is 1. The molecule has 2 bridgehead atoms. The minimum atomic E-state index is 0.750. The van der Waals surface area contributed by atoms with Crippen LogP contribution in [0.3, 0.4) is 0 Å². The first kappa shape index (κ1) is 15.1. The topological polar surface area (TPSA) is 21.3 Å². The molecule has 1 aromatic rings. The fourth-order valence-corrected chi connectivity index (χ4v) is 4.30. The molecule has 0 radical (unpaired) electrons. The molecular weight excluding hydrogens is 258 g/mol. The predicted octanol–water partition coefficient (Wildman–Crippen LogP) is 3.59. The van der Waals surface area contributed by atoms with Gasteiger partial charge in [0.25, 0.3) is 0 Å². The number of nitrogens with one attached hydrogen (secondary N) is 1. The second kappa shape index (κ2) is 7.42. The highest BCUT2D eigenvalue weighted by molar-refractivity contribution is 5.30. The molecule has 0 heterocycles. The van der Waals surface area contributed by atoms with Gasteiger partial charge < -0.3 is 10.1 Å². The third-order valence-corrected chi connectivity index (χ3v) is 5.41. The number of rotatable bonds is 7. The summed E-state index contributed by atoms with van der Waals surface area (Å²) in [7, 11) is 1.79. The molecule has 0 spiro atoms. The van der Waals surface area contributed by atoms with E-state index in [4.69, 9.17) is 4.74 Å². The first-order valence-corrected chi connectivity index (χ1v) is 8.67. The van der Waals surface area contributed by atoms with Gasteiger partial charge in [-0.05, 0) is 74.5 Å². The Balaban J connectivity index is 1.51. The summed E-state index contributed by atoms with van der Waals surface area (Å²) in [5.41, 5.74) is 3.22. The molecule has 2 unspecified atom stereocenters. The second-order valence-electron chi connectivity index (χ2n) is 6.81. The van der Waals surface area contributed by atoms with Crippen molar-refractivity contribution in [2.45, 2.75) is 51.0 Å². The summed E-state index contributed by atoms with van der Waals surface area (Å²) >= 11 is 0. The van der Waals surface area contributed by atoms with E-state index in [0.29, 0.717) is 0 Å². The highest BCUT2D eigenvalue weighted by Crippen LogP contribution is 2.39. The maximum Gasteiger partial charge on any atom is 0.0462 e. The summed E-state index contributed by atoms with van der Waals surface area (Å²) in [6.45, 7) is 2.09. The maximum atomic E-state index is 5.11. The van der Waals surface area contributed by atoms with Gasteiger partial charge in [-0.1, -0.05) is 24.3 Å². The van der Waals surface area contributed by atoms with Gasteiger partial charge in [-0.2, -0.15) is 0 Å². The number of unbranched alkanes of at least 4 members (excludes halogenated alkanes) is 2. The van der Waals surface area contributed by atoms with E-state index in [1.807, 2.05) is 0 Å². The minimum absolute atomic E-state index is 0.750. The SMILES string of the molecule is COCCCCCNC1C2CCC1Cc1ccccc1C2. The Morgan fingerprint density at radius 1 is 1.00 bits per heavy atom. The molecule has 2 heteroatoms. The van der Waals surface area contributed by atoms with Crippen molar-refractivity contribution in [2.24, 2.45) is 11.8 Å². The van der Waals surface area contributed by atoms with E-state index in [1.165, 1.54) is 51.5 Å². The van der Waals surface area contributed by atoms with Gasteiger partial charge in [-0.3, -0.25) is 0 Å². The standard InChI is InChI=1S/C19H29NO/c1-21-12-6-2-5-11-20-19-17-9-10-18(19)14-16-8-4-3-7-15(16)13-17/h3-4,7-8,17-20H,2,5-6,9-14H2,1H3. The molecule has 0 aliphatic heterocycles. The van der Waals surface area contributed by atoms with Crippen LogP contribution in [0.25, 0.3) is 0 Å². The van der Waals surface area contributed by atoms with Crippen LogP contribution in [-0.4, -0.2) is 26.3 Å². The molecule has 0 aromatic heterocycles. The van der Waals surface area contributed by atoms with Gasteiger partial charge >= 0.3 is 0 Å². The van der Waals surface area contributed by atoms with Crippen LogP contribution in [0.2, 0.25) is 0 Å². The summed E-state index contributed by atoms with van der Waals surface area (Å²) in [4.78, 5) is 0. The zero-order valence-corrected chi connectivity index (χ0v) is 13.3. The highest BCUT2D eigenvalue weighted by Gasteiger charge is 2.38. The molecule has 2 nitrogen and oxygen atoms in total. The molecule has 0 saturated heterocycles. The Morgan fingerprint density at radius 3 is 2.29 bits per heavy atom. The van der Waals surface area contributed by atoms with Crippen LogP contribution in [-0.2, 0) is 17.6 Å². The average Bonchev–Trinajstić information content (AvgIpc) is 2.77. The minimum Gasteiger partial charge on any atom is -0.385 e. The highest BCUT2D eigenvalue weighted by atomic mass is 16.5. The molecule has 116 valence electrons. The molecule has 1 fully saturated rings. The van der Waals surface area contributed by atoms with Crippen LogP contribution in [0, 0.1) is 11.8 Å². The van der Waals surface area contributed by atoms with E-state index in [-0.39, 0.29) is 0 Å². The first-order chi connectivity index (χ1) is 10.4. The van der Waals surface area contributed by atoms with Gasteiger partial charge in [0.2, 0.25) is 0 Å². The molecule has 2 atom stereocenters. The van der Waals surface area contributed by atoms with Crippen molar-refractivity contribution in [1.82, 2.24) is 5.32 Å². The van der Waals surface area contributed by atoms with Gasteiger partial charge in [0.05, 0.1) is 0 Å². The Bertz CT molecular complexity index is 412. The Morgan fingerprint density at radius 2 is 1.67 bits per heavy atom. The van der Waals surface area contributed by atoms with Gasteiger partial charge in [0, 0.05) is 19.8 Å². The molecule has 1 aromatic carbocycles. The normalized spacial score (nSPS) is 27.4. The van der Waals surface area contributed by atoms with Crippen molar-refractivity contribution in [3.63, 3.8) is 0 Å². The molecule has 2 aliphatic rings. The van der Waals surface area contributed by atoms with Crippen molar-refractivity contribution in [2.75, 3.05) is 20.3 Å². The summed E-state index contributed by atoms with van der Waals surface area (Å²) < 4.78 is 5.11. The maximum absolute atomic E-state index is 5.11. The Hall–Kier alpha value is -0.860. The third-order valence-electron chi connectivity index (χ3n) is 5.41. The van der Waals surface area contributed by atoms with Crippen LogP contribution < -0.4 is 5.32 Å². The van der Waals surface area contributed by atoms with E-state index in [1.54, 1.807) is 18.2 Å². The summed E-state index contributed by atoms with van der Waals surface area (Å²) in [6, 6.07) is 9.85. The fraction of sp³-hybridized carbons (Fsp3) is 0.684. The number of fused-ring (bicyclic) bond motifs is 3. The quantitative estimate of drug-likeness (QED) is 0.774. The Kier molecular flexibility index (Phi) is 5.32. The lowest BCUT2D eigenvalue weighted by Gasteiger charge is -2.23. The van der Waals surface area contributed by atoms with E-state index < -0.39 is 0 Å². The fourth-order valence-electron chi connectivity index (χ4n) is 4.30. The summed E-state index contributed by atoms with van der Waals surface area (Å²) in [5, 5.41) is 3.89. The molecule has 0 amide bonds. The van der Waals surface area contributed by atoms with Gasteiger partial charge in [-0.25, -0.2) is 0 Å². The molecule has 1 N–H and O–H groups in total. The van der Waals surface area contributed by atoms with Gasteiger partial charge in [-0.15, -0.1) is 0 Å². The first-order valence-electron chi connectivity index (χ1n) is 8.67. The lowest BCUT2D eigenvalue weighted by atomic mass is 9.94. The third kappa shape index (κ3) is 3.67. The van der Waals surface area contributed by atoms with Crippen LogP contribution in [0.5, 0.6) is 0 Å². The van der Waals surface area contributed by atoms with E-state index in [2.05, 4.69) is 29.6 Å². The van der Waals surface area contributed by atoms with E-state index >= 15 is 0 Å². The zero-order valence-electron chi connectivity index (χ0n) is 13.3. The Labute approximate surface area is 129 Å². The average molecular weight is 287 g/mol.